The molecule has 1 aromatic carbocycles. The van der Waals surface area contributed by atoms with Crippen LogP contribution in [0.15, 0.2) is 47.0 Å². The number of oxazole rings is 1. The monoisotopic (exact) mass is 257 g/mol. The summed E-state index contributed by atoms with van der Waals surface area (Å²) in [5.41, 5.74) is 3.00. The van der Waals surface area contributed by atoms with Crippen LogP contribution in [0.4, 0.5) is 0 Å². The molecule has 4 heteroatoms. The lowest BCUT2D eigenvalue weighted by Gasteiger charge is -2.00. The summed E-state index contributed by atoms with van der Waals surface area (Å²) in [7, 11) is 1.99. The van der Waals surface area contributed by atoms with Crippen LogP contribution in [0, 0.1) is 11.8 Å². The van der Waals surface area contributed by atoms with E-state index in [0.29, 0.717) is 4.84 Å². The van der Waals surface area contributed by atoms with E-state index in [0.717, 1.165) is 22.5 Å². The summed E-state index contributed by atoms with van der Waals surface area (Å²) in [6.45, 7) is 2.06. The van der Waals surface area contributed by atoms with Gasteiger partial charge in [-0.15, -0.1) is 4.57 Å². The van der Waals surface area contributed by atoms with Crippen LogP contribution in [-0.2, 0) is 7.05 Å². The largest absolute Gasteiger partial charge is 0.410 e. The lowest BCUT2D eigenvalue weighted by atomic mass is 10.2. The van der Waals surface area contributed by atoms with Crippen molar-refractivity contribution in [1.82, 2.24) is 4.57 Å². The fraction of sp³-hybridized carbons (Fsp3) is 0.143. The number of para-hydroxylation sites is 1. The zero-order valence-electron chi connectivity index (χ0n) is 10.3. The Morgan fingerprint density at radius 1 is 1.17 bits per heavy atom. The van der Waals surface area contributed by atoms with Gasteiger partial charge in [-0.3, -0.25) is 0 Å². The van der Waals surface area contributed by atoms with Gasteiger partial charge in [0.2, 0.25) is 0 Å². The molecule has 0 saturated heterocycles. The van der Waals surface area contributed by atoms with Crippen LogP contribution in [-0.4, -0.2) is 4.57 Å². The van der Waals surface area contributed by atoms with Crippen LogP contribution in [0.3, 0.4) is 0 Å². The second kappa shape index (κ2) is 4.07. The van der Waals surface area contributed by atoms with Crippen LogP contribution < -0.4 is 4.57 Å². The SMILES string of the molecule is Cc1cccc2oc(=S)n(-c3cccc[n+]3C)c12. The number of benzene rings is 1. The van der Waals surface area contributed by atoms with Gasteiger partial charge in [0.05, 0.1) is 13.2 Å². The fourth-order valence-electron chi connectivity index (χ4n) is 2.19. The molecule has 18 heavy (non-hydrogen) atoms. The van der Waals surface area contributed by atoms with Crippen LogP contribution in [0.2, 0.25) is 0 Å². The number of nitrogens with zero attached hydrogens (tertiary/aromatic N) is 2. The normalized spacial score (nSPS) is 11.0. The highest BCUT2D eigenvalue weighted by Gasteiger charge is 2.19. The summed E-state index contributed by atoms with van der Waals surface area (Å²) < 4.78 is 9.65. The van der Waals surface area contributed by atoms with Crippen LogP contribution in [0.25, 0.3) is 16.9 Å². The second-order valence-electron chi connectivity index (χ2n) is 4.29. The van der Waals surface area contributed by atoms with Gasteiger partial charge in [-0.25, -0.2) is 4.57 Å². The predicted octanol–water partition coefficient (Wildman–Crippen LogP) is 3.09. The van der Waals surface area contributed by atoms with Gasteiger partial charge in [0.1, 0.15) is 0 Å². The van der Waals surface area contributed by atoms with E-state index in [2.05, 4.69) is 13.0 Å². The average Bonchev–Trinajstić information content (AvgIpc) is 2.68. The molecule has 2 heterocycles. The molecule has 3 aromatic rings. The first-order valence-corrected chi connectivity index (χ1v) is 6.15. The number of pyridine rings is 1. The van der Waals surface area contributed by atoms with E-state index in [1.165, 1.54) is 0 Å². The van der Waals surface area contributed by atoms with Crippen molar-refractivity contribution in [2.24, 2.45) is 7.05 Å². The van der Waals surface area contributed by atoms with Crippen molar-refractivity contribution < 1.29 is 8.98 Å². The van der Waals surface area contributed by atoms with E-state index in [1.807, 2.05) is 52.7 Å². The summed E-state index contributed by atoms with van der Waals surface area (Å²) in [6, 6.07) is 12.0. The molecular weight excluding hydrogens is 244 g/mol. The molecule has 0 bridgehead atoms. The highest BCUT2D eigenvalue weighted by atomic mass is 32.1. The molecule has 90 valence electrons. The number of hydrogen-bond acceptors (Lipinski definition) is 2. The van der Waals surface area contributed by atoms with Crippen molar-refractivity contribution in [3.63, 3.8) is 0 Å². The van der Waals surface area contributed by atoms with Crippen molar-refractivity contribution in [3.8, 4) is 5.82 Å². The third-order valence-corrected chi connectivity index (χ3v) is 3.33. The molecule has 3 rings (SSSR count). The lowest BCUT2D eigenvalue weighted by molar-refractivity contribution is -0.665. The molecule has 0 aliphatic rings. The van der Waals surface area contributed by atoms with Crippen molar-refractivity contribution in [3.05, 3.63) is 53.0 Å². The summed E-state index contributed by atoms with van der Waals surface area (Å²) in [6.07, 6.45) is 1.99. The maximum atomic E-state index is 5.65. The molecule has 0 amide bonds. The lowest BCUT2D eigenvalue weighted by Crippen LogP contribution is -2.33. The van der Waals surface area contributed by atoms with Gasteiger partial charge in [-0.2, -0.15) is 0 Å². The quantitative estimate of drug-likeness (QED) is 0.493. The van der Waals surface area contributed by atoms with E-state index >= 15 is 0 Å². The molecule has 0 radical (unpaired) electrons. The number of aryl methyl sites for hydroxylation is 2. The third kappa shape index (κ3) is 1.57. The van der Waals surface area contributed by atoms with Gasteiger partial charge in [0.25, 0.3) is 5.82 Å². The number of aromatic nitrogens is 2. The van der Waals surface area contributed by atoms with Crippen LogP contribution >= 0.6 is 12.2 Å². The fourth-order valence-corrected chi connectivity index (χ4v) is 2.46. The van der Waals surface area contributed by atoms with Gasteiger partial charge in [0.15, 0.2) is 11.1 Å². The van der Waals surface area contributed by atoms with Gasteiger partial charge in [-0.1, -0.05) is 18.2 Å². The molecule has 0 aliphatic heterocycles. The molecule has 3 nitrogen and oxygen atoms in total. The van der Waals surface area contributed by atoms with Crippen molar-refractivity contribution in [2.45, 2.75) is 6.92 Å². The Balaban J connectivity index is 2.47. The molecule has 0 saturated carbocycles. The zero-order valence-corrected chi connectivity index (χ0v) is 11.1. The van der Waals surface area contributed by atoms with E-state index in [-0.39, 0.29) is 0 Å². The Kier molecular flexibility index (Phi) is 2.52. The molecule has 0 N–H and O–H groups in total. The van der Waals surface area contributed by atoms with Crippen LogP contribution in [0.1, 0.15) is 5.56 Å². The van der Waals surface area contributed by atoms with E-state index < -0.39 is 0 Å². The molecule has 0 spiro atoms. The molecule has 0 fully saturated rings. The molecule has 2 aromatic heterocycles. The predicted molar refractivity (Wildman–Crippen MR) is 72.3 cm³/mol. The number of hydrogen-bond donors (Lipinski definition) is 0. The van der Waals surface area contributed by atoms with Crippen LogP contribution in [0.5, 0.6) is 0 Å². The highest BCUT2D eigenvalue weighted by molar-refractivity contribution is 7.71. The topological polar surface area (TPSA) is 21.9 Å². The third-order valence-electron chi connectivity index (χ3n) is 3.06. The Bertz CT molecular complexity index is 786. The van der Waals surface area contributed by atoms with E-state index in [1.54, 1.807) is 0 Å². The standard InChI is InChI=1S/C14H13N2OS/c1-10-6-5-7-11-13(10)16(14(18)17-11)12-8-3-4-9-15(12)2/h3-9H,1-2H3/q+1. The number of rotatable bonds is 1. The van der Waals surface area contributed by atoms with E-state index in [9.17, 15) is 0 Å². The number of fused-ring (bicyclic) bond motifs is 1. The van der Waals surface area contributed by atoms with E-state index in [4.69, 9.17) is 16.6 Å². The van der Waals surface area contributed by atoms with Crippen molar-refractivity contribution >= 4 is 23.3 Å². The first kappa shape index (κ1) is 11.2. The van der Waals surface area contributed by atoms with Gasteiger partial charge >= 0.3 is 4.84 Å². The molecule has 0 unspecified atom stereocenters. The molecular formula is C14H13N2OS+. The molecule has 0 atom stereocenters. The van der Waals surface area contributed by atoms with Gasteiger partial charge in [-0.05, 0) is 19.1 Å². The maximum absolute atomic E-state index is 5.65. The Labute approximate surface area is 110 Å². The van der Waals surface area contributed by atoms with Crippen molar-refractivity contribution in [1.29, 1.82) is 0 Å². The second-order valence-corrected chi connectivity index (χ2v) is 4.64. The Morgan fingerprint density at radius 3 is 2.78 bits per heavy atom. The summed E-state index contributed by atoms with van der Waals surface area (Å²) in [5, 5.41) is 0. The first-order valence-electron chi connectivity index (χ1n) is 5.74. The smallest absolute Gasteiger partial charge is 0.366 e. The summed E-state index contributed by atoms with van der Waals surface area (Å²) in [5.74, 6) is 0.996. The minimum absolute atomic E-state index is 0.473. The zero-order chi connectivity index (χ0) is 12.7. The minimum atomic E-state index is 0.473. The molecule has 0 aliphatic carbocycles. The highest BCUT2D eigenvalue weighted by Crippen LogP contribution is 2.23. The Hall–Kier alpha value is -1.94. The average molecular weight is 257 g/mol. The summed E-state index contributed by atoms with van der Waals surface area (Å²) in [4.78, 5) is 0.473. The van der Waals surface area contributed by atoms with Gasteiger partial charge in [0, 0.05) is 23.8 Å². The maximum Gasteiger partial charge on any atom is 0.366 e. The minimum Gasteiger partial charge on any atom is -0.410 e. The first-order chi connectivity index (χ1) is 8.68. The Morgan fingerprint density at radius 2 is 2.00 bits per heavy atom. The van der Waals surface area contributed by atoms with Gasteiger partial charge < -0.3 is 4.42 Å². The summed E-state index contributed by atoms with van der Waals surface area (Å²) >= 11 is 5.34. The van der Waals surface area contributed by atoms with Crippen molar-refractivity contribution in [2.75, 3.05) is 0 Å².